The second-order valence-electron chi connectivity index (χ2n) is 8.00. The Balaban J connectivity index is 1.80. The number of rotatable bonds is 4. The molecule has 1 atom stereocenters. The van der Waals surface area contributed by atoms with Crippen LogP contribution in [0.25, 0.3) is 0 Å². The number of hydrogen-bond donors (Lipinski definition) is 1. The van der Waals surface area contributed by atoms with E-state index < -0.39 is 11.6 Å². The van der Waals surface area contributed by atoms with E-state index >= 15 is 0 Å². The second kappa shape index (κ2) is 8.23. The number of nitrogens with one attached hydrogen (secondary N) is 1. The number of hydrogen-bond acceptors (Lipinski definition) is 4. The van der Waals surface area contributed by atoms with Crippen molar-refractivity contribution in [2.24, 2.45) is 0 Å². The topological polar surface area (TPSA) is 47.6 Å². The molecule has 0 bridgehead atoms. The van der Waals surface area contributed by atoms with Crippen LogP contribution < -0.4 is 10.1 Å². The Kier molecular flexibility index (Phi) is 5.37. The lowest BCUT2D eigenvalue weighted by Gasteiger charge is -2.38. The molecule has 0 saturated carbocycles. The second-order valence-corrected chi connectivity index (χ2v) is 9.24. The van der Waals surface area contributed by atoms with Crippen molar-refractivity contribution in [2.75, 3.05) is 5.32 Å². The number of carbonyl (C=O) groups excluding carboxylic acids is 1. The van der Waals surface area contributed by atoms with Crippen molar-refractivity contribution >= 4 is 39.9 Å². The van der Waals surface area contributed by atoms with Crippen molar-refractivity contribution < 1.29 is 14.3 Å². The lowest BCUT2D eigenvalue weighted by Crippen LogP contribution is -2.34. The van der Waals surface area contributed by atoms with Crippen molar-refractivity contribution in [2.45, 2.75) is 19.4 Å². The number of carbonyl (C=O) groups is 1. The van der Waals surface area contributed by atoms with Gasteiger partial charge in [-0.3, -0.25) is 0 Å². The number of fused-ring (bicyclic) bond motifs is 4. The zero-order valence-corrected chi connectivity index (χ0v) is 20.5. The van der Waals surface area contributed by atoms with Gasteiger partial charge >= 0.3 is 5.97 Å². The van der Waals surface area contributed by atoms with Gasteiger partial charge in [-0.1, -0.05) is 43.0 Å². The molecule has 3 aromatic carbocycles. The predicted octanol–water partition coefficient (Wildman–Crippen LogP) is 7.31. The molecule has 2 heterocycles. The van der Waals surface area contributed by atoms with E-state index in [-0.39, 0.29) is 0 Å². The minimum Gasteiger partial charge on any atom is -0.456 e. The van der Waals surface area contributed by atoms with Gasteiger partial charge in [0.15, 0.2) is 5.60 Å². The quantitative estimate of drug-likeness (QED) is 0.275. The Morgan fingerprint density at radius 1 is 1.03 bits per heavy atom. The van der Waals surface area contributed by atoms with Crippen LogP contribution in [0.4, 0.5) is 11.4 Å². The van der Waals surface area contributed by atoms with E-state index in [1.165, 1.54) is 0 Å². The molecule has 1 spiro atoms. The van der Waals surface area contributed by atoms with Crippen LogP contribution in [0.5, 0.6) is 11.5 Å². The number of allylic oxidation sites excluding steroid dienone is 1. The van der Waals surface area contributed by atoms with Gasteiger partial charge in [0.1, 0.15) is 11.5 Å². The van der Waals surface area contributed by atoms with E-state index in [4.69, 9.17) is 9.47 Å². The number of halogens is 1. The fourth-order valence-corrected chi connectivity index (χ4v) is 4.97. The van der Waals surface area contributed by atoms with Crippen molar-refractivity contribution in [3.05, 3.63) is 117 Å². The summed E-state index contributed by atoms with van der Waals surface area (Å²) in [6.45, 7) is 7.84. The summed E-state index contributed by atoms with van der Waals surface area (Å²) in [5.74, 6) is 0.951. The Labute approximate surface area is 206 Å². The van der Waals surface area contributed by atoms with Crippen molar-refractivity contribution in [3.63, 3.8) is 0 Å². The van der Waals surface area contributed by atoms with Crippen LogP contribution in [0.2, 0.25) is 0 Å². The first-order chi connectivity index (χ1) is 16.0. The number of ether oxygens (including phenoxy) is 2. The molecule has 33 heavy (non-hydrogen) atoms. The lowest BCUT2D eigenvalue weighted by molar-refractivity contribution is -0.144. The lowest BCUT2D eigenvalue weighted by atomic mass is 9.76. The summed E-state index contributed by atoms with van der Waals surface area (Å²) in [4.78, 5) is 13.1. The van der Waals surface area contributed by atoms with Gasteiger partial charge in [0.05, 0.1) is 5.57 Å². The average molecular weight is 547 g/mol. The number of benzene rings is 3. The zero-order chi connectivity index (χ0) is 23.2. The molecule has 4 nitrogen and oxygen atoms in total. The van der Waals surface area contributed by atoms with Gasteiger partial charge in [0.25, 0.3) is 0 Å². The van der Waals surface area contributed by atoms with Crippen LogP contribution in [0, 0.1) is 10.5 Å². The van der Waals surface area contributed by atoms with Crippen LogP contribution in [0.15, 0.2) is 96.6 Å². The Morgan fingerprint density at radius 3 is 2.52 bits per heavy atom. The number of esters is 1. The zero-order valence-electron chi connectivity index (χ0n) is 18.3. The van der Waals surface area contributed by atoms with Crippen LogP contribution >= 0.6 is 22.6 Å². The minimum atomic E-state index is -1.12. The summed E-state index contributed by atoms with van der Waals surface area (Å²) in [7, 11) is 0. The molecule has 0 saturated heterocycles. The summed E-state index contributed by atoms with van der Waals surface area (Å²) in [6.07, 6.45) is 5.43. The summed E-state index contributed by atoms with van der Waals surface area (Å²) >= 11 is 2.26. The highest BCUT2D eigenvalue weighted by atomic mass is 127. The normalized spacial score (nSPS) is 18.7. The van der Waals surface area contributed by atoms with Gasteiger partial charge in [-0.25, -0.2) is 4.79 Å². The highest BCUT2D eigenvalue weighted by Gasteiger charge is 2.53. The monoisotopic (exact) mass is 547 g/mol. The maximum absolute atomic E-state index is 13.1. The van der Waals surface area contributed by atoms with E-state index in [0.717, 1.165) is 37.2 Å². The average Bonchev–Trinajstić information content (AvgIpc) is 3.07. The standard InChI is InChI=1S/C28H22INO3/c1-4-9-21-20(5-2)27(31)33-28(21)22-13-12-18(29)15-26(22)32-25-14-17(3)24(16-23(25)28)30-19-10-7-6-8-11-19/h4-16,30H,2H2,1,3H3/b9-4-. The predicted molar refractivity (Wildman–Crippen MR) is 139 cm³/mol. The Bertz CT molecular complexity index is 1360. The van der Waals surface area contributed by atoms with E-state index in [2.05, 4.69) is 34.5 Å². The molecule has 164 valence electrons. The molecular weight excluding hydrogens is 525 g/mol. The molecule has 0 amide bonds. The molecule has 5 heteroatoms. The highest BCUT2D eigenvalue weighted by molar-refractivity contribution is 14.1. The van der Waals surface area contributed by atoms with Gasteiger partial charge in [-0.15, -0.1) is 0 Å². The van der Waals surface area contributed by atoms with Crippen LogP contribution in [0.3, 0.4) is 0 Å². The van der Waals surface area contributed by atoms with Crippen LogP contribution in [-0.4, -0.2) is 5.97 Å². The third kappa shape index (κ3) is 3.38. The molecule has 0 aromatic heterocycles. The molecule has 5 rings (SSSR count). The third-order valence-corrected chi connectivity index (χ3v) is 6.65. The van der Waals surface area contributed by atoms with E-state index in [0.29, 0.717) is 17.1 Å². The first-order valence-corrected chi connectivity index (χ1v) is 11.7. The number of anilines is 2. The first kappa shape index (κ1) is 21.5. The highest BCUT2D eigenvalue weighted by Crippen LogP contribution is 2.57. The van der Waals surface area contributed by atoms with Crippen molar-refractivity contribution in [1.82, 2.24) is 0 Å². The van der Waals surface area contributed by atoms with Gasteiger partial charge in [0, 0.05) is 31.6 Å². The maximum atomic E-state index is 13.1. The summed E-state index contributed by atoms with van der Waals surface area (Å²) < 4.78 is 13.7. The largest absolute Gasteiger partial charge is 0.456 e. The fourth-order valence-electron chi connectivity index (χ4n) is 4.50. The smallest absolute Gasteiger partial charge is 0.340 e. The number of para-hydroxylation sites is 1. The SMILES string of the molecule is C=CC1=C(/C=C\C)C2(OC1=O)c1ccc(I)cc1Oc1cc(C)c(Nc3ccccc3)cc12. The van der Waals surface area contributed by atoms with Crippen molar-refractivity contribution in [3.8, 4) is 11.5 Å². The van der Waals surface area contributed by atoms with E-state index in [9.17, 15) is 4.79 Å². The summed E-state index contributed by atoms with van der Waals surface area (Å²) in [6, 6.07) is 20.0. The van der Waals surface area contributed by atoms with Gasteiger partial charge in [0.2, 0.25) is 0 Å². The molecule has 0 fully saturated rings. The van der Waals surface area contributed by atoms with Gasteiger partial charge in [-0.05, 0) is 84.5 Å². The van der Waals surface area contributed by atoms with E-state index in [1.807, 2.05) is 86.7 Å². The molecule has 0 radical (unpaired) electrons. The molecule has 2 aliphatic heterocycles. The van der Waals surface area contributed by atoms with E-state index in [1.54, 1.807) is 6.08 Å². The summed E-state index contributed by atoms with van der Waals surface area (Å²) in [5, 5.41) is 3.49. The molecule has 3 aromatic rings. The van der Waals surface area contributed by atoms with Crippen LogP contribution in [-0.2, 0) is 15.1 Å². The number of aryl methyl sites for hydroxylation is 1. The summed E-state index contributed by atoms with van der Waals surface area (Å²) in [5.41, 5.74) is 4.57. The minimum absolute atomic E-state index is 0.395. The molecule has 0 aliphatic carbocycles. The Hall–Kier alpha value is -3.32. The molecular formula is C28H22INO3. The fraction of sp³-hybridized carbons (Fsp3) is 0.107. The van der Waals surface area contributed by atoms with Gasteiger partial charge < -0.3 is 14.8 Å². The molecule has 1 unspecified atom stereocenters. The van der Waals surface area contributed by atoms with Crippen molar-refractivity contribution in [1.29, 1.82) is 0 Å². The Morgan fingerprint density at radius 2 is 1.79 bits per heavy atom. The van der Waals surface area contributed by atoms with Gasteiger partial charge in [-0.2, -0.15) is 0 Å². The maximum Gasteiger partial charge on any atom is 0.340 e. The molecule has 1 N–H and O–H groups in total. The third-order valence-electron chi connectivity index (χ3n) is 5.97. The first-order valence-electron chi connectivity index (χ1n) is 10.7. The molecule has 2 aliphatic rings. The van der Waals surface area contributed by atoms with Crippen LogP contribution in [0.1, 0.15) is 23.6 Å².